The molecule has 0 bridgehead atoms. The van der Waals surface area contributed by atoms with Crippen LogP contribution in [-0.4, -0.2) is 8.42 Å². The number of anilines is 2. The van der Waals surface area contributed by atoms with Crippen LogP contribution >= 0.6 is 0 Å². The smallest absolute Gasteiger partial charge is 0.263 e. The van der Waals surface area contributed by atoms with Gasteiger partial charge in [-0.2, -0.15) is 5.26 Å². The zero-order valence-electron chi connectivity index (χ0n) is 10.2. The molecule has 2 aromatic carbocycles. The standard InChI is InChI=1S/C13H10FN3O2S/c14-11-7-10(5-6-12(11)16)17-20(18,19)13-4-2-1-3-9(13)8-15/h1-7,17H,16H2. The van der Waals surface area contributed by atoms with Crippen molar-refractivity contribution in [3.8, 4) is 6.07 Å². The molecule has 2 rings (SSSR count). The lowest BCUT2D eigenvalue weighted by Gasteiger charge is -2.09. The van der Waals surface area contributed by atoms with Gasteiger partial charge in [0, 0.05) is 6.07 Å². The van der Waals surface area contributed by atoms with Gasteiger partial charge in [-0.1, -0.05) is 12.1 Å². The Labute approximate surface area is 115 Å². The molecule has 0 radical (unpaired) electrons. The molecule has 0 fully saturated rings. The first-order chi connectivity index (χ1) is 9.44. The number of rotatable bonds is 3. The fourth-order valence-corrected chi connectivity index (χ4v) is 2.80. The number of nitrogens with two attached hydrogens (primary N) is 1. The maximum absolute atomic E-state index is 13.3. The number of nitrogens with zero attached hydrogens (tertiary/aromatic N) is 1. The Bertz CT molecular complexity index is 798. The van der Waals surface area contributed by atoms with Crippen molar-refractivity contribution < 1.29 is 12.8 Å². The molecule has 0 aromatic heterocycles. The molecule has 5 nitrogen and oxygen atoms in total. The number of halogens is 1. The Morgan fingerprint density at radius 2 is 1.90 bits per heavy atom. The van der Waals surface area contributed by atoms with Crippen LogP contribution in [0.25, 0.3) is 0 Å². The molecular weight excluding hydrogens is 281 g/mol. The number of benzene rings is 2. The molecule has 0 saturated heterocycles. The van der Waals surface area contributed by atoms with Crippen molar-refractivity contribution in [3.63, 3.8) is 0 Å². The third-order valence-corrected chi connectivity index (χ3v) is 3.99. The molecule has 20 heavy (non-hydrogen) atoms. The summed E-state index contributed by atoms with van der Waals surface area (Å²) < 4.78 is 39.8. The van der Waals surface area contributed by atoms with E-state index in [0.29, 0.717) is 0 Å². The monoisotopic (exact) mass is 291 g/mol. The Hall–Kier alpha value is -2.59. The van der Waals surface area contributed by atoms with Gasteiger partial charge in [0.15, 0.2) is 0 Å². The van der Waals surface area contributed by atoms with Crippen LogP contribution in [0.15, 0.2) is 47.4 Å². The quantitative estimate of drug-likeness (QED) is 0.846. The van der Waals surface area contributed by atoms with Crippen molar-refractivity contribution in [3.05, 3.63) is 53.8 Å². The first-order valence-electron chi connectivity index (χ1n) is 5.51. The largest absolute Gasteiger partial charge is 0.396 e. The highest BCUT2D eigenvalue weighted by Gasteiger charge is 2.18. The van der Waals surface area contributed by atoms with Gasteiger partial charge in [0.25, 0.3) is 10.0 Å². The number of hydrogen-bond donors (Lipinski definition) is 2. The van der Waals surface area contributed by atoms with Crippen LogP contribution < -0.4 is 10.5 Å². The van der Waals surface area contributed by atoms with Crippen molar-refractivity contribution >= 4 is 21.4 Å². The Kier molecular flexibility index (Phi) is 3.59. The van der Waals surface area contributed by atoms with E-state index in [0.717, 1.165) is 6.07 Å². The van der Waals surface area contributed by atoms with Gasteiger partial charge in [-0.15, -0.1) is 0 Å². The molecule has 0 atom stereocenters. The van der Waals surface area contributed by atoms with Crippen LogP contribution in [0.5, 0.6) is 0 Å². The van der Waals surface area contributed by atoms with E-state index in [1.165, 1.54) is 30.3 Å². The summed E-state index contributed by atoms with van der Waals surface area (Å²) in [5.74, 6) is -0.723. The van der Waals surface area contributed by atoms with Crippen LogP contribution in [0.2, 0.25) is 0 Å². The second kappa shape index (κ2) is 5.19. The van der Waals surface area contributed by atoms with Crippen LogP contribution in [0, 0.1) is 17.1 Å². The van der Waals surface area contributed by atoms with Gasteiger partial charge in [0.1, 0.15) is 16.8 Å². The van der Waals surface area contributed by atoms with Gasteiger partial charge < -0.3 is 5.73 Å². The highest BCUT2D eigenvalue weighted by atomic mass is 32.2. The minimum Gasteiger partial charge on any atom is -0.396 e. The maximum Gasteiger partial charge on any atom is 0.263 e. The molecule has 0 saturated carbocycles. The van der Waals surface area contributed by atoms with Gasteiger partial charge in [-0.05, 0) is 24.3 Å². The van der Waals surface area contributed by atoms with E-state index in [-0.39, 0.29) is 21.8 Å². The predicted octanol–water partition coefficient (Wildman–Crippen LogP) is 2.08. The summed E-state index contributed by atoms with van der Waals surface area (Å²) in [4.78, 5) is -0.167. The summed E-state index contributed by atoms with van der Waals surface area (Å²) in [6.45, 7) is 0. The van der Waals surface area contributed by atoms with Gasteiger partial charge in [-0.25, -0.2) is 12.8 Å². The zero-order chi connectivity index (χ0) is 14.8. The topological polar surface area (TPSA) is 96.0 Å². The van der Waals surface area contributed by atoms with Gasteiger partial charge in [-0.3, -0.25) is 4.72 Å². The SMILES string of the molecule is N#Cc1ccccc1S(=O)(=O)Nc1ccc(N)c(F)c1. The minimum absolute atomic E-state index is 0.0101. The lowest BCUT2D eigenvalue weighted by Crippen LogP contribution is -2.14. The molecule has 0 unspecified atom stereocenters. The molecule has 7 heteroatoms. The van der Waals surface area contributed by atoms with E-state index in [4.69, 9.17) is 11.0 Å². The Morgan fingerprint density at radius 3 is 2.55 bits per heavy atom. The number of nitrogens with one attached hydrogen (secondary N) is 1. The molecule has 0 aliphatic carbocycles. The van der Waals surface area contributed by atoms with Crippen molar-refractivity contribution in [1.29, 1.82) is 5.26 Å². The second-order valence-electron chi connectivity index (χ2n) is 3.95. The minimum atomic E-state index is -3.97. The third-order valence-electron chi connectivity index (χ3n) is 2.55. The van der Waals surface area contributed by atoms with Crippen LogP contribution in [-0.2, 0) is 10.0 Å². The molecule has 3 N–H and O–H groups in total. The summed E-state index contributed by atoms with van der Waals surface area (Å²) in [5, 5.41) is 8.91. The molecule has 0 amide bonds. The van der Waals surface area contributed by atoms with Crippen molar-refractivity contribution in [2.24, 2.45) is 0 Å². The number of hydrogen-bond acceptors (Lipinski definition) is 4. The van der Waals surface area contributed by atoms with E-state index in [9.17, 15) is 12.8 Å². The fraction of sp³-hybridized carbons (Fsp3) is 0. The van der Waals surface area contributed by atoms with Gasteiger partial charge >= 0.3 is 0 Å². The van der Waals surface area contributed by atoms with E-state index in [1.807, 2.05) is 0 Å². The average Bonchev–Trinajstić information content (AvgIpc) is 2.42. The second-order valence-corrected chi connectivity index (χ2v) is 5.60. The first kappa shape index (κ1) is 13.8. The fourth-order valence-electron chi connectivity index (χ4n) is 1.59. The third kappa shape index (κ3) is 2.70. The molecule has 0 aliphatic heterocycles. The van der Waals surface area contributed by atoms with Crippen LogP contribution in [0.1, 0.15) is 5.56 Å². The van der Waals surface area contributed by atoms with E-state index in [1.54, 1.807) is 12.1 Å². The summed E-state index contributed by atoms with van der Waals surface area (Å²) in [6, 6.07) is 11.1. The Morgan fingerprint density at radius 1 is 1.20 bits per heavy atom. The predicted molar refractivity (Wildman–Crippen MR) is 72.8 cm³/mol. The molecule has 0 aliphatic rings. The molecule has 0 heterocycles. The van der Waals surface area contributed by atoms with E-state index >= 15 is 0 Å². The van der Waals surface area contributed by atoms with Gasteiger partial charge in [0.05, 0.1) is 16.9 Å². The molecule has 102 valence electrons. The highest BCUT2D eigenvalue weighted by Crippen LogP contribution is 2.21. The van der Waals surface area contributed by atoms with Crippen molar-refractivity contribution in [2.75, 3.05) is 10.5 Å². The normalized spacial score (nSPS) is 10.8. The highest BCUT2D eigenvalue weighted by molar-refractivity contribution is 7.92. The molecule has 0 spiro atoms. The van der Waals surface area contributed by atoms with Gasteiger partial charge in [0.2, 0.25) is 0 Å². The summed E-state index contributed by atoms with van der Waals surface area (Å²) in [7, 11) is -3.97. The molecule has 2 aromatic rings. The molecular formula is C13H10FN3O2S. The van der Waals surface area contributed by atoms with Crippen LogP contribution in [0.4, 0.5) is 15.8 Å². The zero-order valence-corrected chi connectivity index (χ0v) is 11.0. The lowest BCUT2D eigenvalue weighted by molar-refractivity contribution is 0.601. The summed E-state index contributed by atoms with van der Waals surface area (Å²) in [5.41, 5.74) is 5.28. The summed E-state index contributed by atoms with van der Waals surface area (Å²) >= 11 is 0. The first-order valence-corrected chi connectivity index (χ1v) is 6.99. The maximum atomic E-state index is 13.3. The lowest BCUT2D eigenvalue weighted by atomic mass is 10.2. The van der Waals surface area contributed by atoms with E-state index < -0.39 is 15.8 Å². The number of nitrogen functional groups attached to an aromatic ring is 1. The van der Waals surface area contributed by atoms with Crippen molar-refractivity contribution in [1.82, 2.24) is 0 Å². The average molecular weight is 291 g/mol. The van der Waals surface area contributed by atoms with Crippen molar-refractivity contribution in [2.45, 2.75) is 4.90 Å². The Balaban J connectivity index is 2.41. The number of nitriles is 1. The van der Waals surface area contributed by atoms with E-state index in [2.05, 4.69) is 4.72 Å². The van der Waals surface area contributed by atoms with Crippen LogP contribution in [0.3, 0.4) is 0 Å². The number of sulfonamides is 1. The summed E-state index contributed by atoms with van der Waals surface area (Å²) in [6.07, 6.45) is 0.